The molecule has 24 heavy (non-hydrogen) atoms. The number of ether oxygens (including phenoxy) is 1. The first-order valence-corrected chi connectivity index (χ1v) is 8.92. The molecule has 0 saturated heterocycles. The van der Waals surface area contributed by atoms with Crippen molar-refractivity contribution in [1.82, 2.24) is 5.32 Å². The molecule has 0 spiro atoms. The quantitative estimate of drug-likeness (QED) is 0.791. The summed E-state index contributed by atoms with van der Waals surface area (Å²) in [6.45, 7) is 0.962. The highest BCUT2D eigenvalue weighted by molar-refractivity contribution is 7.89. The van der Waals surface area contributed by atoms with Gasteiger partial charge in [0.1, 0.15) is 0 Å². The number of nitrogens with one attached hydrogen (secondary N) is 1. The number of nitrogens with two attached hydrogens (primary N) is 1. The van der Waals surface area contributed by atoms with Gasteiger partial charge in [0.2, 0.25) is 10.0 Å². The molecule has 0 aliphatic heterocycles. The lowest BCUT2D eigenvalue weighted by molar-refractivity contribution is 0.0954. The van der Waals surface area contributed by atoms with Crippen LogP contribution in [0.4, 0.5) is 0 Å². The summed E-state index contributed by atoms with van der Waals surface area (Å²) in [5, 5.41) is 7.88. The predicted octanol–water partition coefficient (Wildman–Crippen LogP) is 1.45. The number of amides is 1. The highest BCUT2D eigenvalue weighted by atomic mass is 32.2. The standard InChI is InChI=1S/C17H20N2O4S/c1-23-12-14-2-6-15(7-3-14)17(20)19-11-10-13-4-8-16(9-5-13)24(18,21)22/h2-9H,10-12H2,1H3,(H,19,20)(H2,18,21,22). The van der Waals surface area contributed by atoms with Crippen LogP contribution in [-0.4, -0.2) is 28.0 Å². The normalized spacial score (nSPS) is 11.2. The van der Waals surface area contributed by atoms with Gasteiger partial charge in [0.25, 0.3) is 5.91 Å². The van der Waals surface area contributed by atoms with Crippen LogP contribution in [0.25, 0.3) is 0 Å². The SMILES string of the molecule is COCc1ccc(C(=O)NCCc2ccc(S(N)(=O)=O)cc2)cc1. The Labute approximate surface area is 141 Å². The Morgan fingerprint density at radius 1 is 1.04 bits per heavy atom. The van der Waals surface area contributed by atoms with Crippen molar-refractivity contribution in [2.75, 3.05) is 13.7 Å². The molecule has 0 heterocycles. The molecule has 3 N–H and O–H groups in total. The maximum atomic E-state index is 12.1. The van der Waals surface area contributed by atoms with Gasteiger partial charge >= 0.3 is 0 Å². The van der Waals surface area contributed by atoms with Crippen LogP contribution in [0.2, 0.25) is 0 Å². The fourth-order valence-electron chi connectivity index (χ4n) is 2.19. The van der Waals surface area contributed by atoms with E-state index < -0.39 is 10.0 Å². The fraction of sp³-hybridized carbons (Fsp3) is 0.235. The van der Waals surface area contributed by atoms with Crippen molar-refractivity contribution in [3.8, 4) is 0 Å². The second kappa shape index (κ2) is 8.05. The predicted molar refractivity (Wildman–Crippen MR) is 91.0 cm³/mol. The second-order valence-electron chi connectivity index (χ2n) is 5.32. The molecule has 0 aromatic heterocycles. The van der Waals surface area contributed by atoms with E-state index in [0.717, 1.165) is 11.1 Å². The lowest BCUT2D eigenvalue weighted by Crippen LogP contribution is -2.25. The van der Waals surface area contributed by atoms with Gasteiger partial charge in [-0.2, -0.15) is 0 Å². The minimum atomic E-state index is -3.68. The van der Waals surface area contributed by atoms with Gasteiger partial charge in [-0.3, -0.25) is 4.79 Å². The molecule has 128 valence electrons. The molecule has 0 unspecified atom stereocenters. The third kappa shape index (κ3) is 5.16. The minimum absolute atomic E-state index is 0.0754. The van der Waals surface area contributed by atoms with E-state index in [1.807, 2.05) is 12.1 Å². The van der Waals surface area contributed by atoms with Crippen LogP contribution < -0.4 is 10.5 Å². The molecule has 0 aliphatic rings. The van der Waals surface area contributed by atoms with E-state index in [9.17, 15) is 13.2 Å². The third-order valence-electron chi connectivity index (χ3n) is 3.48. The Morgan fingerprint density at radius 2 is 1.62 bits per heavy atom. The van der Waals surface area contributed by atoms with E-state index in [-0.39, 0.29) is 10.8 Å². The Balaban J connectivity index is 1.86. The summed E-state index contributed by atoms with van der Waals surface area (Å²) in [5.74, 6) is -0.153. The second-order valence-corrected chi connectivity index (χ2v) is 6.89. The maximum absolute atomic E-state index is 12.1. The Kier molecular flexibility index (Phi) is 6.08. The summed E-state index contributed by atoms with van der Waals surface area (Å²) >= 11 is 0. The largest absolute Gasteiger partial charge is 0.380 e. The molecule has 2 rings (SSSR count). The number of sulfonamides is 1. The number of carbonyl (C=O) groups is 1. The molecular weight excluding hydrogens is 328 g/mol. The van der Waals surface area contributed by atoms with Crippen LogP contribution >= 0.6 is 0 Å². The molecule has 0 fully saturated rings. The highest BCUT2D eigenvalue weighted by Crippen LogP contribution is 2.09. The van der Waals surface area contributed by atoms with Crippen molar-refractivity contribution in [2.45, 2.75) is 17.9 Å². The van der Waals surface area contributed by atoms with Crippen LogP contribution in [0.5, 0.6) is 0 Å². The molecule has 0 bridgehead atoms. The maximum Gasteiger partial charge on any atom is 0.251 e. The van der Waals surface area contributed by atoms with Gasteiger partial charge in [0, 0.05) is 19.2 Å². The average molecular weight is 348 g/mol. The van der Waals surface area contributed by atoms with Gasteiger partial charge in [-0.15, -0.1) is 0 Å². The smallest absolute Gasteiger partial charge is 0.251 e. The molecule has 1 amide bonds. The highest BCUT2D eigenvalue weighted by Gasteiger charge is 2.07. The van der Waals surface area contributed by atoms with E-state index in [2.05, 4.69) is 5.32 Å². The van der Waals surface area contributed by atoms with Crippen molar-refractivity contribution >= 4 is 15.9 Å². The lowest BCUT2D eigenvalue weighted by Gasteiger charge is -2.07. The number of benzene rings is 2. The summed E-state index contributed by atoms with van der Waals surface area (Å²) < 4.78 is 27.4. The third-order valence-corrected chi connectivity index (χ3v) is 4.41. The van der Waals surface area contributed by atoms with Gasteiger partial charge in [0.05, 0.1) is 11.5 Å². The van der Waals surface area contributed by atoms with Crippen LogP contribution in [0.3, 0.4) is 0 Å². The van der Waals surface area contributed by atoms with Gasteiger partial charge in [-0.1, -0.05) is 24.3 Å². The first-order chi connectivity index (χ1) is 11.4. The van der Waals surface area contributed by atoms with E-state index >= 15 is 0 Å². The molecule has 7 heteroatoms. The minimum Gasteiger partial charge on any atom is -0.380 e. The molecule has 0 atom stereocenters. The molecule has 0 saturated carbocycles. The van der Waals surface area contributed by atoms with Crippen molar-refractivity contribution in [1.29, 1.82) is 0 Å². The molecule has 0 radical (unpaired) electrons. The van der Waals surface area contributed by atoms with Crippen molar-refractivity contribution in [3.05, 3.63) is 65.2 Å². The van der Waals surface area contributed by atoms with E-state index in [1.165, 1.54) is 12.1 Å². The topological polar surface area (TPSA) is 98.5 Å². The first-order valence-electron chi connectivity index (χ1n) is 7.38. The summed E-state index contributed by atoms with van der Waals surface area (Å²) in [4.78, 5) is 12.1. The number of hydrogen-bond donors (Lipinski definition) is 2. The Hall–Kier alpha value is -2.22. The average Bonchev–Trinajstić information content (AvgIpc) is 2.55. The lowest BCUT2D eigenvalue weighted by atomic mass is 10.1. The van der Waals surface area contributed by atoms with E-state index in [0.29, 0.717) is 25.1 Å². The molecule has 2 aromatic carbocycles. The number of primary sulfonamides is 1. The zero-order valence-corrected chi connectivity index (χ0v) is 14.2. The zero-order valence-electron chi connectivity index (χ0n) is 13.4. The van der Waals surface area contributed by atoms with Gasteiger partial charge in [-0.05, 0) is 41.8 Å². The molecule has 6 nitrogen and oxygen atoms in total. The van der Waals surface area contributed by atoms with Crippen molar-refractivity contribution in [3.63, 3.8) is 0 Å². The Morgan fingerprint density at radius 3 is 2.17 bits per heavy atom. The van der Waals surface area contributed by atoms with Gasteiger partial charge in [0.15, 0.2) is 0 Å². The summed E-state index contributed by atoms with van der Waals surface area (Å²) in [6, 6.07) is 13.5. The molecule has 2 aromatic rings. The van der Waals surface area contributed by atoms with Crippen LogP contribution in [0.1, 0.15) is 21.5 Å². The number of carbonyl (C=O) groups excluding carboxylic acids is 1. The van der Waals surface area contributed by atoms with Crippen molar-refractivity contribution in [2.24, 2.45) is 5.14 Å². The summed E-state index contributed by atoms with van der Waals surface area (Å²) in [5.41, 5.74) is 2.50. The van der Waals surface area contributed by atoms with E-state index in [4.69, 9.17) is 9.88 Å². The van der Waals surface area contributed by atoms with E-state index in [1.54, 1.807) is 31.4 Å². The first kappa shape index (κ1) is 18.1. The summed E-state index contributed by atoms with van der Waals surface area (Å²) in [7, 11) is -2.05. The fourth-order valence-corrected chi connectivity index (χ4v) is 2.70. The zero-order chi connectivity index (χ0) is 17.6. The van der Waals surface area contributed by atoms with Gasteiger partial charge < -0.3 is 10.1 Å². The number of hydrogen-bond acceptors (Lipinski definition) is 4. The van der Waals surface area contributed by atoms with Crippen LogP contribution in [0.15, 0.2) is 53.4 Å². The Bertz CT molecular complexity index is 784. The van der Waals surface area contributed by atoms with Crippen LogP contribution in [-0.2, 0) is 27.8 Å². The number of rotatable bonds is 7. The number of methoxy groups -OCH3 is 1. The summed E-state index contributed by atoms with van der Waals surface area (Å²) in [6.07, 6.45) is 0.596. The van der Waals surface area contributed by atoms with Gasteiger partial charge in [-0.25, -0.2) is 13.6 Å². The molecular formula is C17H20N2O4S. The van der Waals surface area contributed by atoms with Crippen LogP contribution in [0, 0.1) is 0 Å². The molecule has 0 aliphatic carbocycles. The van der Waals surface area contributed by atoms with Crippen molar-refractivity contribution < 1.29 is 17.9 Å². The monoisotopic (exact) mass is 348 g/mol.